The van der Waals surface area contributed by atoms with Crippen molar-refractivity contribution >= 4 is 43.5 Å². The normalized spacial score (nSPS) is 10.5. The largest absolute Gasteiger partial charge is 0.325 e. The Balaban J connectivity index is 1.90. The van der Waals surface area contributed by atoms with Crippen LogP contribution in [-0.2, 0) is 11.3 Å². The van der Waals surface area contributed by atoms with Gasteiger partial charge in [-0.1, -0.05) is 15.9 Å². The van der Waals surface area contributed by atoms with Crippen LogP contribution < -0.4 is 5.32 Å². The van der Waals surface area contributed by atoms with Crippen molar-refractivity contribution in [2.45, 2.75) is 19.9 Å². The van der Waals surface area contributed by atoms with E-state index in [0.717, 1.165) is 20.2 Å². The molecule has 1 aromatic heterocycles. The molecule has 0 aliphatic carbocycles. The number of benzene rings is 1. The van der Waals surface area contributed by atoms with E-state index in [1.54, 1.807) is 10.9 Å². The summed E-state index contributed by atoms with van der Waals surface area (Å²) in [5.74, 6) is -0.0313. The zero-order valence-electron chi connectivity index (χ0n) is 10.4. The number of carbonyl (C=O) groups is 1. The van der Waals surface area contributed by atoms with Crippen molar-refractivity contribution in [3.05, 3.63) is 45.1 Å². The Labute approximate surface area is 128 Å². The molecule has 0 aliphatic rings. The molecular formula is C13H13Br2N3O. The van der Waals surface area contributed by atoms with Crippen molar-refractivity contribution in [2.24, 2.45) is 0 Å². The highest BCUT2D eigenvalue weighted by molar-refractivity contribution is 9.11. The van der Waals surface area contributed by atoms with Gasteiger partial charge in [0.25, 0.3) is 0 Å². The van der Waals surface area contributed by atoms with Gasteiger partial charge in [0, 0.05) is 28.1 Å². The second-order valence-electron chi connectivity index (χ2n) is 4.20. The van der Waals surface area contributed by atoms with Gasteiger partial charge in [-0.2, -0.15) is 5.10 Å². The second-order valence-corrected chi connectivity index (χ2v) is 5.97. The molecule has 4 nitrogen and oxygen atoms in total. The number of nitrogens with one attached hydrogen (secondary N) is 1. The molecule has 0 bridgehead atoms. The number of halogens is 2. The molecule has 6 heteroatoms. The minimum atomic E-state index is -0.0313. The van der Waals surface area contributed by atoms with Gasteiger partial charge >= 0.3 is 0 Å². The van der Waals surface area contributed by atoms with Crippen molar-refractivity contribution in [3.63, 3.8) is 0 Å². The number of aromatic nitrogens is 2. The first-order chi connectivity index (χ1) is 9.04. The fraction of sp³-hybridized carbons (Fsp3) is 0.231. The van der Waals surface area contributed by atoms with Crippen molar-refractivity contribution in [2.75, 3.05) is 5.32 Å². The number of nitrogens with zero attached hydrogens (tertiary/aromatic N) is 2. The summed E-state index contributed by atoms with van der Waals surface area (Å²) in [6.07, 6.45) is 4.09. The fourth-order valence-corrected chi connectivity index (χ4v) is 2.76. The van der Waals surface area contributed by atoms with E-state index in [0.29, 0.717) is 13.0 Å². The lowest BCUT2D eigenvalue weighted by atomic mass is 10.3. The average molecular weight is 387 g/mol. The predicted octanol–water partition coefficient (Wildman–Crippen LogP) is 3.75. The van der Waals surface area contributed by atoms with Gasteiger partial charge in [-0.15, -0.1) is 0 Å². The first-order valence-electron chi connectivity index (χ1n) is 5.78. The minimum Gasteiger partial charge on any atom is -0.325 e. The maximum Gasteiger partial charge on any atom is 0.226 e. The number of hydrogen-bond donors (Lipinski definition) is 1. The van der Waals surface area contributed by atoms with E-state index >= 15 is 0 Å². The van der Waals surface area contributed by atoms with E-state index in [9.17, 15) is 4.79 Å². The number of carbonyl (C=O) groups excluding carboxylic acids is 1. The molecule has 0 saturated carbocycles. The molecular weight excluding hydrogens is 374 g/mol. The molecule has 2 rings (SSSR count). The highest BCUT2D eigenvalue weighted by Crippen LogP contribution is 2.26. The molecule has 0 spiro atoms. The summed E-state index contributed by atoms with van der Waals surface area (Å²) in [7, 11) is 0. The first kappa shape index (κ1) is 14.3. The van der Waals surface area contributed by atoms with Gasteiger partial charge < -0.3 is 5.32 Å². The van der Waals surface area contributed by atoms with Crippen LogP contribution in [0.15, 0.2) is 39.5 Å². The summed E-state index contributed by atoms with van der Waals surface area (Å²) in [5, 5.41) is 7.01. The van der Waals surface area contributed by atoms with E-state index in [1.807, 2.05) is 31.3 Å². The van der Waals surface area contributed by atoms with Gasteiger partial charge in [-0.05, 0) is 46.6 Å². The summed E-state index contributed by atoms with van der Waals surface area (Å²) < 4.78 is 3.58. The molecule has 1 N–H and O–H groups in total. The third kappa shape index (κ3) is 4.18. The molecule has 100 valence electrons. The Kier molecular flexibility index (Phi) is 4.76. The van der Waals surface area contributed by atoms with E-state index in [1.165, 1.54) is 0 Å². The summed E-state index contributed by atoms with van der Waals surface area (Å²) in [4.78, 5) is 11.8. The van der Waals surface area contributed by atoms with E-state index < -0.39 is 0 Å². The molecule has 1 heterocycles. The van der Waals surface area contributed by atoms with Gasteiger partial charge in [0.1, 0.15) is 0 Å². The SMILES string of the molecule is Cc1cnn(CCC(=O)Nc2ccc(Br)cc2Br)c1. The molecule has 0 saturated heterocycles. The van der Waals surface area contributed by atoms with E-state index in [-0.39, 0.29) is 5.91 Å². The predicted molar refractivity (Wildman–Crippen MR) is 82.1 cm³/mol. The maximum absolute atomic E-state index is 11.8. The topological polar surface area (TPSA) is 46.9 Å². The van der Waals surface area contributed by atoms with Crippen LogP contribution >= 0.6 is 31.9 Å². The Morgan fingerprint density at radius 1 is 1.42 bits per heavy atom. The van der Waals surface area contributed by atoms with Crippen molar-refractivity contribution in [1.29, 1.82) is 0 Å². The molecule has 1 aromatic carbocycles. The van der Waals surface area contributed by atoms with Crippen LogP contribution in [0.2, 0.25) is 0 Å². The summed E-state index contributed by atoms with van der Waals surface area (Å²) in [6, 6.07) is 5.63. The van der Waals surface area contributed by atoms with Crippen molar-refractivity contribution in [3.8, 4) is 0 Å². The summed E-state index contributed by atoms with van der Waals surface area (Å²) >= 11 is 6.78. The number of aryl methyl sites for hydroxylation is 2. The van der Waals surface area contributed by atoms with Crippen LogP contribution in [0, 0.1) is 6.92 Å². The molecule has 0 unspecified atom stereocenters. The Morgan fingerprint density at radius 2 is 2.21 bits per heavy atom. The third-order valence-corrected chi connectivity index (χ3v) is 3.68. The molecule has 2 aromatic rings. The zero-order chi connectivity index (χ0) is 13.8. The van der Waals surface area contributed by atoms with Crippen LogP contribution in [0.5, 0.6) is 0 Å². The van der Waals surface area contributed by atoms with Crippen LogP contribution in [0.4, 0.5) is 5.69 Å². The van der Waals surface area contributed by atoms with Gasteiger partial charge in [0.15, 0.2) is 0 Å². The van der Waals surface area contributed by atoms with Gasteiger partial charge in [-0.3, -0.25) is 9.48 Å². The Hall–Kier alpha value is -1.14. The van der Waals surface area contributed by atoms with Crippen molar-refractivity contribution in [1.82, 2.24) is 9.78 Å². The van der Waals surface area contributed by atoms with Gasteiger partial charge in [0.2, 0.25) is 5.91 Å². The average Bonchev–Trinajstić information content (AvgIpc) is 2.76. The molecule has 0 atom stereocenters. The van der Waals surface area contributed by atoms with Gasteiger partial charge in [-0.25, -0.2) is 0 Å². The first-order valence-corrected chi connectivity index (χ1v) is 7.37. The molecule has 0 fully saturated rings. The lowest BCUT2D eigenvalue weighted by Crippen LogP contribution is -2.15. The highest BCUT2D eigenvalue weighted by Gasteiger charge is 2.06. The van der Waals surface area contributed by atoms with Crippen LogP contribution in [0.1, 0.15) is 12.0 Å². The summed E-state index contributed by atoms with van der Waals surface area (Å²) in [5.41, 5.74) is 1.86. The number of amides is 1. The lowest BCUT2D eigenvalue weighted by molar-refractivity contribution is -0.116. The minimum absolute atomic E-state index is 0.0313. The highest BCUT2D eigenvalue weighted by atomic mass is 79.9. The monoisotopic (exact) mass is 385 g/mol. The smallest absolute Gasteiger partial charge is 0.226 e. The van der Waals surface area contributed by atoms with Crippen LogP contribution in [-0.4, -0.2) is 15.7 Å². The summed E-state index contributed by atoms with van der Waals surface area (Å²) in [6.45, 7) is 2.55. The van der Waals surface area contributed by atoms with Crippen molar-refractivity contribution < 1.29 is 4.79 Å². The standard InChI is InChI=1S/C13H13Br2N3O/c1-9-7-16-18(8-9)5-4-13(19)17-12-3-2-10(14)6-11(12)15/h2-3,6-8H,4-5H2,1H3,(H,17,19). The lowest BCUT2D eigenvalue weighted by Gasteiger charge is -2.07. The third-order valence-electron chi connectivity index (χ3n) is 2.54. The van der Waals surface area contributed by atoms with E-state index in [2.05, 4.69) is 42.3 Å². The Morgan fingerprint density at radius 3 is 2.84 bits per heavy atom. The number of rotatable bonds is 4. The maximum atomic E-state index is 11.8. The van der Waals surface area contributed by atoms with Crippen LogP contribution in [0.3, 0.4) is 0 Å². The number of anilines is 1. The molecule has 1 amide bonds. The molecule has 19 heavy (non-hydrogen) atoms. The molecule has 0 aliphatic heterocycles. The van der Waals surface area contributed by atoms with E-state index in [4.69, 9.17) is 0 Å². The molecule has 0 radical (unpaired) electrons. The fourth-order valence-electron chi connectivity index (χ4n) is 1.61. The zero-order valence-corrected chi connectivity index (χ0v) is 13.5. The number of hydrogen-bond acceptors (Lipinski definition) is 2. The Bertz CT molecular complexity index is 595. The quantitative estimate of drug-likeness (QED) is 0.869. The van der Waals surface area contributed by atoms with Crippen LogP contribution in [0.25, 0.3) is 0 Å². The van der Waals surface area contributed by atoms with Gasteiger partial charge in [0.05, 0.1) is 11.9 Å². The second kappa shape index (κ2) is 6.34.